The zero-order valence-corrected chi connectivity index (χ0v) is 19.8. The molecule has 2 aromatic carbocycles. The highest BCUT2D eigenvalue weighted by Crippen LogP contribution is 2.27. The van der Waals surface area contributed by atoms with E-state index in [2.05, 4.69) is 5.32 Å². The van der Waals surface area contributed by atoms with Crippen molar-refractivity contribution in [3.8, 4) is 17.2 Å². The Morgan fingerprint density at radius 1 is 1.00 bits per heavy atom. The molecule has 1 N–H and O–H groups in total. The normalized spacial score (nSPS) is 12.4. The van der Waals surface area contributed by atoms with Gasteiger partial charge in [0.25, 0.3) is 5.91 Å². The Labute approximate surface area is 190 Å². The van der Waals surface area contributed by atoms with Crippen molar-refractivity contribution in [3.05, 3.63) is 53.6 Å². The first kappa shape index (κ1) is 25.0. The second kappa shape index (κ2) is 12.0. The highest BCUT2D eigenvalue weighted by Gasteiger charge is 2.27. The van der Waals surface area contributed by atoms with Crippen LogP contribution in [0.3, 0.4) is 0 Å². The van der Waals surface area contributed by atoms with Gasteiger partial charge in [0.15, 0.2) is 6.61 Å². The van der Waals surface area contributed by atoms with Gasteiger partial charge in [-0.15, -0.1) is 0 Å². The third-order valence-electron chi connectivity index (χ3n) is 5.29. The largest absolute Gasteiger partial charge is 0.496 e. The van der Waals surface area contributed by atoms with E-state index in [0.29, 0.717) is 23.8 Å². The summed E-state index contributed by atoms with van der Waals surface area (Å²) in [6.45, 7) is 7.76. The first-order valence-corrected chi connectivity index (χ1v) is 10.8. The summed E-state index contributed by atoms with van der Waals surface area (Å²) in [7, 11) is 3.09. The summed E-state index contributed by atoms with van der Waals surface area (Å²) in [5.74, 6) is 1.08. The number of aryl methyl sites for hydroxylation is 1. The number of methoxy groups -OCH3 is 2. The van der Waals surface area contributed by atoms with Crippen LogP contribution in [0.15, 0.2) is 42.5 Å². The predicted molar refractivity (Wildman–Crippen MR) is 124 cm³/mol. The number of ether oxygens (including phenoxy) is 3. The highest BCUT2D eigenvalue weighted by molar-refractivity contribution is 5.88. The Morgan fingerprint density at radius 2 is 1.62 bits per heavy atom. The van der Waals surface area contributed by atoms with E-state index < -0.39 is 6.04 Å². The van der Waals surface area contributed by atoms with Crippen LogP contribution in [-0.2, 0) is 16.1 Å². The molecule has 0 fully saturated rings. The lowest BCUT2D eigenvalue weighted by Gasteiger charge is -2.29. The smallest absolute Gasteiger partial charge is 0.261 e. The zero-order chi connectivity index (χ0) is 23.7. The molecule has 7 nitrogen and oxygen atoms in total. The van der Waals surface area contributed by atoms with E-state index in [9.17, 15) is 9.59 Å². The maximum Gasteiger partial charge on any atom is 0.261 e. The van der Waals surface area contributed by atoms with Gasteiger partial charge >= 0.3 is 0 Å². The second-order valence-electron chi connectivity index (χ2n) is 7.84. The molecule has 2 amide bonds. The molecule has 2 aromatic rings. The molecule has 0 aliphatic heterocycles. The van der Waals surface area contributed by atoms with Crippen LogP contribution in [0.1, 0.15) is 38.3 Å². The van der Waals surface area contributed by atoms with Crippen molar-refractivity contribution in [1.29, 1.82) is 0 Å². The molecule has 0 unspecified atom stereocenters. The lowest BCUT2D eigenvalue weighted by Crippen LogP contribution is -2.50. The van der Waals surface area contributed by atoms with E-state index in [1.807, 2.05) is 45.0 Å². The van der Waals surface area contributed by atoms with Gasteiger partial charge in [0, 0.05) is 30.8 Å². The van der Waals surface area contributed by atoms with Crippen molar-refractivity contribution < 1.29 is 23.8 Å². The number of rotatable bonds is 11. The molecular weight excluding hydrogens is 408 g/mol. The molecule has 0 heterocycles. The van der Waals surface area contributed by atoms with Gasteiger partial charge in [-0.2, -0.15) is 0 Å². The second-order valence-corrected chi connectivity index (χ2v) is 7.84. The van der Waals surface area contributed by atoms with Crippen LogP contribution in [0.25, 0.3) is 0 Å². The molecule has 7 heteroatoms. The monoisotopic (exact) mass is 442 g/mol. The molecule has 0 aliphatic rings. The Morgan fingerprint density at radius 3 is 2.19 bits per heavy atom. The molecule has 0 saturated carbocycles. The number of nitrogens with zero attached hydrogens (tertiary/aromatic N) is 1. The van der Waals surface area contributed by atoms with Crippen LogP contribution in [0.5, 0.6) is 17.2 Å². The quantitative estimate of drug-likeness (QED) is 0.574. The third kappa shape index (κ3) is 7.18. The van der Waals surface area contributed by atoms with Crippen molar-refractivity contribution in [1.82, 2.24) is 10.2 Å². The van der Waals surface area contributed by atoms with E-state index in [-0.39, 0.29) is 24.5 Å². The summed E-state index contributed by atoms with van der Waals surface area (Å²) < 4.78 is 16.2. The van der Waals surface area contributed by atoms with Crippen molar-refractivity contribution >= 4 is 11.8 Å². The average Bonchev–Trinajstić information content (AvgIpc) is 2.80. The van der Waals surface area contributed by atoms with Gasteiger partial charge in [-0.05, 0) is 32.8 Å². The van der Waals surface area contributed by atoms with Gasteiger partial charge in [0.2, 0.25) is 5.91 Å². The van der Waals surface area contributed by atoms with Crippen molar-refractivity contribution in [3.63, 3.8) is 0 Å². The Bertz CT molecular complexity index is 893. The molecule has 2 rings (SSSR count). The molecule has 174 valence electrons. The fourth-order valence-electron chi connectivity index (χ4n) is 3.15. The van der Waals surface area contributed by atoms with Crippen LogP contribution >= 0.6 is 0 Å². The molecule has 0 radical (unpaired) electrons. The first-order valence-electron chi connectivity index (χ1n) is 10.8. The maximum atomic E-state index is 13.2. The number of hydrogen-bond donors (Lipinski definition) is 1. The van der Waals surface area contributed by atoms with Crippen molar-refractivity contribution in [2.45, 2.75) is 52.7 Å². The molecular formula is C25H34N2O5. The fraction of sp³-hybridized carbons (Fsp3) is 0.440. The summed E-state index contributed by atoms with van der Waals surface area (Å²) in [4.78, 5) is 27.5. The lowest BCUT2D eigenvalue weighted by atomic mass is 10.1. The number of benzene rings is 2. The van der Waals surface area contributed by atoms with Crippen LogP contribution < -0.4 is 19.5 Å². The minimum Gasteiger partial charge on any atom is -0.496 e. The lowest BCUT2D eigenvalue weighted by molar-refractivity contribution is -0.142. The van der Waals surface area contributed by atoms with Crippen molar-refractivity contribution in [2.24, 2.45) is 0 Å². The fourth-order valence-corrected chi connectivity index (χ4v) is 3.15. The Kier molecular flexibility index (Phi) is 9.38. The molecule has 2 atom stereocenters. The number of carbonyl (C=O) groups is 2. The SMILES string of the molecule is CC[C@H](C)NC(=O)[C@H](C)N(Cc1cccc(C)c1)C(=O)COc1cc(OC)cc(OC)c1. The summed E-state index contributed by atoms with van der Waals surface area (Å²) in [6.07, 6.45) is 0.811. The standard InChI is InChI=1S/C25H34N2O5/c1-7-18(3)26-25(29)19(4)27(15-20-10-8-9-17(2)11-20)24(28)16-32-23-13-21(30-5)12-22(14-23)31-6/h8-14,18-19H,7,15-16H2,1-6H3,(H,26,29)/t18-,19-/m0/s1. The average molecular weight is 443 g/mol. The molecule has 0 aromatic heterocycles. The summed E-state index contributed by atoms with van der Waals surface area (Å²) >= 11 is 0. The highest BCUT2D eigenvalue weighted by atomic mass is 16.5. The Hall–Kier alpha value is -3.22. The predicted octanol–water partition coefficient (Wildman–Crippen LogP) is 3.72. The van der Waals surface area contributed by atoms with Crippen LogP contribution in [0, 0.1) is 6.92 Å². The summed E-state index contributed by atoms with van der Waals surface area (Å²) in [5.41, 5.74) is 2.04. The van der Waals surface area contributed by atoms with Gasteiger partial charge in [-0.25, -0.2) is 0 Å². The number of hydrogen-bond acceptors (Lipinski definition) is 5. The van der Waals surface area contributed by atoms with Gasteiger partial charge in [-0.3, -0.25) is 9.59 Å². The van der Waals surface area contributed by atoms with Crippen LogP contribution in [-0.4, -0.2) is 49.6 Å². The van der Waals surface area contributed by atoms with E-state index in [0.717, 1.165) is 17.5 Å². The van der Waals surface area contributed by atoms with Crippen LogP contribution in [0.4, 0.5) is 0 Å². The zero-order valence-electron chi connectivity index (χ0n) is 19.8. The number of nitrogens with one attached hydrogen (secondary N) is 1. The number of amides is 2. The van der Waals surface area contributed by atoms with Gasteiger partial charge in [0.1, 0.15) is 23.3 Å². The van der Waals surface area contributed by atoms with E-state index in [1.165, 1.54) is 0 Å². The van der Waals surface area contributed by atoms with Crippen LogP contribution in [0.2, 0.25) is 0 Å². The summed E-state index contributed by atoms with van der Waals surface area (Å²) in [5, 5.41) is 2.96. The van der Waals surface area contributed by atoms with Gasteiger partial charge < -0.3 is 24.4 Å². The van der Waals surface area contributed by atoms with Crippen molar-refractivity contribution in [2.75, 3.05) is 20.8 Å². The van der Waals surface area contributed by atoms with E-state index in [4.69, 9.17) is 14.2 Å². The molecule has 0 spiro atoms. The maximum absolute atomic E-state index is 13.2. The molecule has 0 bridgehead atoms. The molecule has 0 aliphatic carbocycles. The molecule has 32 heavy (non-hydrogen) atoms. The minimum absolute atomic E-state index is 0.0290. The van der Waals surface area contributed by atoms with Gasteiger partial charge in [-0.1, -0.05) is 36.8 Å². The third-order valence-corrected chi connectivity index (χ3v) is 5.29. The Balaban J connectivity index is 2.20. The van der Waals surface area contributed by atoms with E-state index >= 15 is 0 Å². The topological polar surface area (TPSA) is 77.1 Å². The summed E-state index contributed by atoms with van der Waals surface area (Å²) in [6, 6.07) is 12.3. The first-order chi connectivity index (χ1) is 15.3. The van der Waals surface area contributed by atoms with Gasteiger partial charge in [0.05, 0.1) is 14.2 Å². The minimum atomic E-state index is -0.652. The molecule has 0 saturated heterocycles. The van der Waals surface area contributed by atoms with E-state index in [1.54, 1.807) is 44.2 Å². The number of carbonyl (C=O) groups excluding carboxylic acids is 2.